The minimum Gasteiger partial charge on any atom is -0.316 e. The first-order chi connectivity index (χ1) is 6.86. The highest BCUT2D eigenvalue weighted by Crippen LogP contribution is 2.29. The van der Waals surface area contributed by atoms with Crippen molar-refractivity contribution < 1.29 is 0 Å². The molecule has 1 saturated carbocycles. The molecule has 1 rings (SSSR count). The van der Waals surface area contributed by atoms with E-state index in [1.807, 2.05) is 6.08 Å². The minimum absolute atomic E-state index is 0.679. The molecule has 0 aliphatic heterocycles. The van der Waals surface area contributed by atoms with Crippen LogP contribution < -0.4 is 5.32 Å². The molecular formula is C12H23NS. The van der Waals surface area contributed by atoms with Crippen molar-refractivity contribution in [2.75, 3.05) is 12.8 Å². The van der Waals surface area contributed by atoms with Crippen molar-refractivity contribution in [1.29, 1.82) is 0 Å². The van der Waals surface area contributed by atoms with Gasteiger partial charge in [0.2, 0.25) is 0 Å². The van der Waals surface area contributed by atoms with Gasteiger partial charge in [-0.25, -0.2) is 0 Å². The van der Waals surface area contributed by atoms with Crippen LogP contribution in [0.3, 0.4) is 0 Å². The zero-order valence-corrected chi connectivity index (χ0v) is 10.1. The van der Waals surface area contributed by atoms with Crippen LogP contribution in [-0.4, -0.2) is 24.1 Å². The smallest absolute Gasteiger partial charge is 0.0158 e. The minimum atomic E-state index is 0.679. The van der Waals surface area contributed by atoms with Gasteiger partial charge in [0.15, 0.2) is 0 Å². The number of rotatable bonds is 7. The molecule has 82 valence electrons. The van der Waals surface area contributed by atoms with E-state index in [-0.39, 0.29) is 0 Å². The van der Waals surface area contributed by atoms with Gasteiger partial charge in [0.25, 0.3) is 0 Å². The van der Waals surface area contributed by atoms with E-state index in [4.69, 9.17) is 0 Å². The number of hydrogen-bond donors (Lipinski definition) is 1. The highest BCUT2D eigenvalue weighted by Gasteiger charge is 2.16. The average Bonchev–Trinajstić information content (AvgIpc) is 2.71. The van der Waals surface area contributed by atoms with Crippen molar-refractivity contribution in [3.05, 3.63) is 12.7 Å². The standard InChI is InChI=1S/C12H23NS/c1-3-4-7-11(13-2)10-14-12-8-5-6-9-12/h3,11-13H,1,4-10H2,2H3. The van der Waals surface area contributed by atoms with Crippen LogP contribution in [0.2, 0.25) is 0 Å². The highest BCUT2D eigenvalue weighted by molar-refractivity contribution is 7.99. The van der Waals surface area contributed by atoms with Gasteiger partial charge >= 0.3 is 0 Å². The molecule has 1 nitrogen and oxygen atoms in total. The van der Waals surface area contributed by atoms with E-state index in [9.17, 15) is 0 Å². The first-order valence-electron chi connectivity index (χ1n) is 5.76. The van der Waals surface area contributed by atoms with Gasteiger partial charge in [-0.1, -0.05) is 18.9 Å². The maximum absolute atomic E-state index is 3.77. The van der Waals surface area contributed by atoms with Crippen molar-refractivity contribution in [3.8, 4) is 0 Å². The molecule has 1 N–H and O–H groups in total. The summed E-state index contributed by atoms with van der Waals surface area (Å²) in [6.07, 6.45) is 10.2. The number of allylic oxidation sites excluding steroid dienone is 1. The van der Waals surface area contributed by atoms with E-state index in [1.165, 1.54) is 37.9 Å². The lowest BCUT2D eigenvalue weighted by Crippen LogP contribution is -2.28. The van der Waals surface area contributed by atoms with Crippen LogP contribution in [0.15, 0.2) is 12.7 Å². The largest absolute Gasteiger partial charge is 0.316 e. The maximum atomic E-state index is 3.77. The summed E-state index contributed by atoms with van der Waals surface area (Å²) in [5.41, 5.74) is 0. The summed E-state index contributed by atoms with van der Waals surface area (Å²) in [5, 5.41) is 4.35. The van der Waals surface area contributed by atoms with Crippen LogP contribution in [-0.2, 0) is 0 Å². The number of hydrogen-bond acceptors (Lipinski definition) is 2. The summed E-state index contributed by atoms with van der Waals surface area (Å²) in [6, 6.07) is 0.679. The molecule has 1 aliphatic rings. The lowest BCUT2D eigenvalue weighted by Gasteiger charge is -2.17. The normalized spacial score (nSPS) is 19.8. The highest BCUT2D eigenvalue weighted by atomic mass is 32.2. The zero-order chi connectivity index (χ0) is 10.2. The van der Waals surface area contributed by atoms with Crippen molar-refractivity contribution in [2.45, 2.75) is 49.8 Å². The van der Waals surface area contributed by atoms with Crippen molar-refractivity contribution in [1.82, 2.24) is 5.32 Å². The molecule has 0 aromatic heterocycles. The predicted octanol–water partition coefficient (Wildman–Crippen LogP) is 3.22. The number of nitrogens with one attached hydrogen (secondary N) is 1. The molecule has 1 fully saturated rings. The Labute approximate surface area is 92.7 Å². The maximum Gasteiger partial charge on any atom is 0.0158 e. The quantitative estimate of drug-likeness (QED) is 0.652. The lowest BCUT2D eigenvalue weighted by atomic mass is 10.2. The molecule has 0 aromatic rings. The summed E-state index contributed by atoms with van der Waals surface area (Å²) in [6.45, 7) is 3.77. The third-order valence-corrected chi connectivity index (χ3v) is 4.50. The zero-order valence-electron chi connectivity index (χ0n) is 9.30. The van der Waals surface area contributed by atoms with E-state index in [0.717, 1.165) is 11.7 Å². The van der Waals surface area contributed by atoms with Crippen molar-refractivity contribution in [2.24, 2.45) is 0 Å². The third kappa shape index (κ3) is 4.52. The molecule has 1 aliphatic carbocycles. The van der Waals surface area contributed by atoms with Crippen molar-refractivity contribution in [3.63, 3.8) is 0 Å². The van der Waals surface area contributed by atoms with Gasteiger partial charge in [0.05, 0.1) is 0 Å². The van der Waals surface area contributed by atoms with E-state index >= 15 is 0 Å². The van der Waals surface area contributed by atoms with Crippen LogP contribution in [0, 0.1) is 0 Å². The molecule has 0 amide bonds. The Hall–Kier alpha value is 0.0500. The Bertz CT molecular complexity index is 152. The fourth-order valence-electron chi connectivity index (χ4n) is 1.94. The van der Waals surface area contributed by atoms with Crippen LogP contribution in [0.1, 0.15) is 38.5 Å². The monoisotopic (exact) mass is 213 g/mol. The summed E-state index contributed by atoms with van der Waals surface area (Å²) in [7, 11) is 2.07. The van der Waals surface area contributed by atoms with Gasteiger partial charge < -0.3 is 5.32 Å². The van der Waals surface area contributed by atoms with Gasteiger partial charge in [-0.05, 0) is 32.7 Å². The fourth-order valence-corrected chi connectivity index (χ4v) is 3.44. The van der Waals surface area contributed by atoms with Gasteiger partial charge in [-0.15, -0.1) is 6.58 Å². The predicted molar refractivity (Wildman–Crippen MR) is 67.0 cm³/mol. The summed E-state index contributed by atoms with van der Waals surface area (Å²) in [5.74, 6) is 1.27. The molecule has 0 saturated heterocycles. The Morgan fingerprint density at radius 2 is 2.21 bits per heavy atom. The van der Waals surface area contributed by atoms with Crippen LogP contribution in [0.25, 0.3) is 0 Å². The lowest BCUT2D eigenvalue weighted by molar-refractivity contribution is 0.578. The van der Waals surface area contributed by atoms with E-state index in [2.05, 4.69) is 30.7 Å². The SMILES string of the molecule is C=CCCC(CSC1CCCC1)NC. The third-order valence-electron chi connectivity index (χ3n) is 2.96. The molecule has 1 unspecified atom stereocenters. The Morgan fingerprint density at radius 3 is 2.79 bits per heavy atom. The summed E-state index contributed by atoms with van der Waals surface area (Å²) >= 11 is 2.17. The molecule has 2 heteroatoms. The summed E-state index contributed by atoms with van der Waals surface area (Å²) in [4.78, 5) is 0. The Kier molecular flexibility index (Phi) is 6.37. The van der Waals surface area contributed by atoms with Gasteiger partial charge in [-0.3, -0.25) is 0 Å². The Balaban J connectivity index is 2.09. The molecule has 0 bridgehead atoms. The second-order valence-corrected chi connectivity index (χ2v) is 5.42. The van der Waals surface area contributed by atoms with Gasteiger partial charge in [0.1, 0.15) is 0 Å². The molecular weight excluding hydrogens is 190 g/mol. The first-order valence-corrected chi connectivity index (χ1v) is 6.81. The summed E-state index contributed by atoms with van der Waals surface area (Å²) < 4.78 is 0. The second-order valence-electron chi connectivity index (χ2n) is 4.09. The van der Waals surface area contributed by atoms with E-state index in [0.29, 0.717) is 6.04 Å². The molecule has 1 atom stereocenters. The second kappa shape index (κ2) is 7.36. The molecule has 14 heavy (non-hydrogen) atoms. The van der Waals surface area contributed by atoms with Gasteiger partial charge in [0, 0.05) is 17.0 Å². The van der Waals surface area contributed by atoms with Crippen LogP contribution in [0.4, 0.5) is 0 Å². The topological polar surface area (TPSA) is 12.0 Å². The van der Waals surface area contributed by atoms with E-state index in [1.54, 1.807) is 0 Å². The van der Waals surface area contributed by atoms with Crippen LogP contribution >= 0.6 is 11.8 Å². The average molecular weight is 213 g/mol. The fraction of sp³-hybridized carbons (Fsp3) is 0.833. The molecule has 0 aromatic carbocycles. The van der Waals surface area contributed by atoms with E-state index < -0.39 is 0 Å². The molecule has 0 heterocycles. The number of thioether (sulfide) groups is 1. The van der Waals surface area contributed by atoms with Gasteiger partial charge in [-0.2, -0.15) is 11.8 Å². The molecule has 0 radical (unpaired) electrons. The van der Waals surface area contributed by atoms with Crippen LogP contribution in [0.5, 0.6) is 0 Å². The van der Waals surface area contributed by atoms with Crippen molar-refractivity contribution >= 4 is 11.8 Å². The first kappa shape index (κ1) is 12.1. The molecule has 0 spiro atoms. The Morgan fingerprint density at radius 1 is 1.50 bits per heavy atom.